The van der Waals surface area contributed by atoms with E-state index in [-0.39, 0.29) is 5.91 Å². The summed E-state index contributed by atoms with van der Waals surface area (Å²) in [7, 11) is 4.99. The van der Waals surface area contributed by atoms with Crippen LogP contribution in [0.3, 0.4) is 0 Å². The Morgan fingerprint density at radius 1 is 1.05 bits per heavy atom. The molecule has 41 heavy (non-hydrogen) atoms. The fourth-order valence-corrected chi connectivity index (χ4v) is 6.08. The first-order chi connectivity index (χ1) is 20.0. The van der Waals surface area contributed by atoms with E-state index >= 15 is 0 Å². The lowest BCUT2D eigenvalue weighted by Crippen LogP contribution is -2.29. The van der Waals surface area contributed by atoms with Gasteiger partial charge in [-0.3, -0.25) is 14.3 Å². The van der Waals surface area contributed by atoms with Crippen molar-refractivity contribution < 1.29 is 14.3 Å². The Bertz CT molecular complexity index is 1640. The molecule has 3 aromatic heterocycles. The van der Waals surface area contributed by atoms with Crippen LogP contribution in [0, 0.1) is 0 Å². The van der Waals surface area contributed by atoms with Gasteiger partial charge in [0, 0.05) is 36.9 Å². The number of hydrogen-bond acceptors (Lipinski definition) is 9. The van der Waals surface area contributed by atoms with Crippen LogP contribution in [-0.4, -0.2) is 63.4 Å². The highest BCUT2D eigenvalue weighted by atomic mass is 35.5. The van der Waals surface area contributed by atoms with Gasteiger partial charge >= 0.3 is 0 Å². The van der Waals surface area contributed by atoms with Gasteiger partial charge in [0.25, 0.3) is 5.91 Å². The predicted molar refractivity (Wildman–Crippen MR) is 161 cm³/mol. The third-order valence-corrected chi connectivity index (χ3v) is 8.58. The number of thiazole rings is 1. The minimum atomic E-state index is -0.128. The van der Waals surface area contributed by atoms with Crippen LogP contribution in [0.2, 0.25) is 5.02 Å². The monoisotopic (exact) mass is 606 g/mol. The highest BCUT2D eigenvalue weighted by Gasteiger charge is 2.20. The van der Waals surface area contributed by atoms with Crippen LogP contribution in [0.25, 0.3) is 17.1 Å². The summed E-state index contributed by atoms with van der Waals surface area (Å²) >= 11 is 9.49. The molecule has 0 radical (unpaired) electrons. The number of ether oxygens (including phenoxy) is 2. The van der Waals surface area contributed by atoms with Gasteiger partial charge in [-0.05, 0) is 48.4 Å². The lowest BCUT2D eigenvalue weighted by atomic mass is 10.1. The number of halogens is 1. The summed E-state index contributed by atoms with van der Waals surface area (Å²) in [5.74, 6) is 2.39. The zero-order valence-corrected chi connectivity index (χ0v) is 25.0. The normalized spacial score (nSPS) is 10.9. The smallest absolute Gasteiger partial charge is 0.273 e. The molecule has 5 aromatic rings. The molecule has 0 unspecified atom stereocenters. The van der Waals surface area contributed by atoms with Gasteiger partial charge in [-0.25, -0.2) is 4.98 Å². The minimum absolute atomic E-state index is 0.128. The van der Waals surface area contributed by atoms with E-state index in [2.05, 4.69) is 20.2 Å². The van der Waals surface area contributed by atoms with Crippen molar-refractivity contribution in [2.45, 2.75) is 17.3 Å². The number of pyridine rings is 1. The van der Waals surface area contributed by atoms with Gasteiger partial charge in [0.15, 0.2) is 22.5 Å². The number of carbonyl (C=O) groups excluding carboxylic acids is 1. The van der Waals surface area contributed by atoms with Gasteiger partial charge in [-0.2, -0.15) is 0 Å². The Morgan fingerprint density at radius 3 is 2.59 bits per heavy atom. The Labute approximate surface area is 251 Å². The zero-order chi connectivity index (χ0) is 28.8. The fourth-order valence-electron chi connectivity index (χ4n) is 4.13. The molecule has 0 fully saturated rings. The predicted octanol–water partition coefficient (Wildman–Crippen LogP) is 6.06. The molecule has 0 bridgehead atoms. The third-order valence-electron chi connectivity index (χ3n) is 6.29. The van der Waals surface area contributed by atoms with Crippen molar-refractivity contribution in [3.05, 3.63) is 93.7 Å². The van der Waals surface area contributed by atoms with Crippen molar-refractivity contribution in [2.24, 2.45) is 0 Å². The molecule has 2 aromatic carbocycles. The highest BCUT2D eigenvalue weighted by molar-refractivity contribution is 7.98. The molecule has 0 aliphatic carbocycles. The van der Waals surface area contributed by atoms with Crippen LogP contribution in [0.5, 0.6) is 11.5 Å². The molecule has 0 saturated heterocycles. The van der Waals surface area contributed by atoms with Gasteiger partial charge in [0.2, 0.25) is 0 Å². The number of hydrogen-bond donors (Lipinski definition) is 0. The maximum absolute atomic E-state index is 13.1. The van der Waals surface area contributed by atoms with Crippen LogP contribution in [0.4, 0.5) is 0 Å². The number of likely N-dealkylation sites (N-methyl/N-ethyl adjacent to an activating group) is 1. The molecule has 0 spiro atoms. The van der Waals surface area contributed by atoms with Crippen molar-refractivity contribution in [2.75, 3.05) is 27.8 Å². The number of nitrogens with zero attached hydrogens (tertiary/aromatic N) is 6. The second-order valence-corrected chi connectivity index (χ2v) is 11.2. The molecule has 0 N–H and O–H groups in total. The Morgan fingerprint density at radius 2 is 1.83 bits per heavy atom. The maximum atomic E-state index is 13.1. The van der Waals surface area contributed by atoms with Crippen LogP contribution in [0.1, 0.15) is 21.1 Å². The Kier molecular flexibility index (Phi) is 9.17. The second-order valence-electron chi connectivity index (χ2n) is 8.91. The molecule has 0 atom stereocenters. The number of benzene rings is 2. The average Bonchev–Trinajstić information content (AvgIpc) is 3.66. The number of rotatable bonds is 11. The molecular formula is C29H27ClN6O3S2. The lowest BCUT2D eigenvalue weighted by Gasteiger charge is -2.16. The number of aromatic nitrogens is 5. The zero-order valence-electron chi connectivity index (χ0n) is 22.7. The average molecular weight is 607 g/mol. The summed E-state index contributed by atoms with van der Waals surface area (Å²) in [4.78, 5) is 23.5. The lowest BCUT2D eigenvalue weighted by molar-refractivity contribution is 0.0791. The number of para-hydroxylation sites is 1. The standard InChI is InChI=1S/C29H27ClN6O3S2/c1-35(15-12-19-8-9-24(38-2)25(16-19)39-3)28(37)22-17-40-26(32-22)18-41-29-34-33-27(20-10-13-31-14-11-20)36(29)23-7-5-4-6-21(23)30/h4-11,13-14,16-17H,12,15,18H2,1-3H3. The van der Waals surface area contributed by atoms with Crippen molar-refractivity contribution in [3.8, 4) is 28.6 Å². The molecule has 5 rings (SSSR count). The van der Waals surface area contributed by atoms with Crippen LogP contribution >= 0.6 is 34.7 Å². The minimum Gasteiger partial charge on any atom is -0.493 e. The van der Waals surface area contributed by atoms with E-state index in [9.17, 15) is 4.79 Å². The third kappa shape index (κ3) is 6.53. The summed E-state index contributed by atoms with van der Waals surface area (Å²) in [6.07, 6.45) is 4.10. The van der Waals surface area contributed by atoms with Gasteiger partial charge in [0.1, 0.15) is 10.7 Å². The van der Waals surface area contributed by atoms with E-state index in [1.165, 1.54) is 23.1 Å². The molecule has 12 heteroatoms. The molecule has 0 aliphatic rings. The number of carbonyl (C=O) groups is 1. The topological polar surface area (TPSA) is 95.3 Å². The maximum Gasteiger partial charge on any atom is 0.273 e. The SMILES string of the molecule is COc1ccc(CCN(C)C(=O)c2csc(CSc3nnc(-c4ccncc4)n3-c3ccccc3Cl)n2)cc1OC. The summed E-state index contributed by atoms with van der Waals surface area (Å²) in [5, 5.41) is 12.8. The number of methoxy groups -OCH3 is 2. The highest BCUT2D eigenvalue weighted by Crippen LogP contribution is 2.33. The van der Waals surface area contributed by atoms with Crippen LogP contribution in [0.15, 0.2) is 77.5 Å². The molecular weight excluding hydrogens is 580 g/mol. The van der Waals surface area contributed by atoms with Gasteiger partial charge in [-0.15, -0.1) is 21.5 Å². The first-order valence-electron chi connectivity index (χ1n) is 12.6. The van der Waals surface area contributed by atoms with E-state index in [1.807, 2.05) is 59.2 Å². The Balaban J connectivity index is 1.27. The van der Waals surface area contributed by atoms with Crippen molar-refractivity contribution >= 4 is 40.6 Å². The van der Waals surface area contributed by atoms with Crippen molar-refractivity contribution in [1.29, 1.82) is 0 Å². The van der Waals surface area contributed by atoms with E-state index in [4.69, 9.17) is 21.1 Å². The van der Waals surface area contributed by atoms with Crippen LogP contribution in [-0.2, 0) is 12.2 Å². The molecule has 210 valence electrons. The van der Waals surface area contributed by atoms with Gasteiger partial charge in [0.05, 0.1) is 30.7 Å². The van der Waals surface area contributed by atoms with Crippen molar-refractivity contribution in [3.63, 3.8) is 0 Å². The number of amides is 1. The first kappa shape index (κ1) is 28.6. The van der Waals surface area contributed by atoms with E-state index in [0.717, 1.165) is 21.8 Å². The molecule has 9 nitrogen and oxygen atoms in total. The van der Waals surface area contributed by atoms with Crippen LogP contribution < -0.4 is 9.47 Å². The van der Waals surface area contributed by atoms with Gasteiger partial charge < -0.3 is 14.4 Å². The fraction of sp³-hybridized carbons (Fsp3) is 0.207. The quantitative estimate of drug-likeness (QED) is 0.167. The molecule has 3 heterocycles. The molecule has 1 amide bonds. The molecule has 0 saturated carbocycles. The Hall–Kier alpha value is -3.93. The van der Waals surface area contributed by atoms with Gasteiger partial charge in [-0.1, -0.05) is 41.6 Å². The largest absolute Gasteiger partial charge is 0.493 e. The summed E-state index contributed by atoms with van der Waals surface area (Å²) < 4.78 is 12.6. The van der Waals surface area contributed by atoms with Crippen molar-refractivity contribution in [1.82, 2.24) is 29.6 Å². The number of thioether (sulfide) groups is 1. The molecule has 0 aliphatic heterocycles. The first-order valence-corrected chi connectivity index (χ1v) is 14.9. The van der Waals surface area contributed by atoms with E-state index < -0.39 is 0 Å². The second kappa shape index (κ2) is 13.2. The van der Waals surface area contributed by atoms with E-state index in [1.54, 1.807) is 43.9 Å². The van der Waals surface area contributed by atoms with E-state index in [0.29, 0.717) is 51.9 Å². The summed E-state index contributed by atoms with van der Waals surface area (Å²) in [6.45, 7) is 0.536. The summed E-state index contributed by atoms with van der Waals surface area (Å²) in [5.41, 5.74) is 3.12. The summed E-state index contributed by atoms with van der Waals surface area (Å²) in [6, 6.07) is 17.1.